The zero-order chi connectivity index (χ0) is 26.4. The van der Waals surface area contributed by atoms with Crippen LogP contribution in [0.1, 0.15) is 12.0 Å². The summed E-state index contributed by atoms with van der Waals surface area (Å²) < 4.78 is 56.4. The summed E-state index contributed by atoms with van der Waals surface area (Å²) in [5.41, 5.74) is 3.08. The highest BCUT2D eigenvalue weighted by molar-refractivity contribution is 5.78. The average molecular weight is 510 g/mol. The number of alkyl halides is 3. The Hall–Kier alpha value is -4.47. The third-order valence-corrected chi connectivity index (χ3v) is 5.51. The molecule has 0 bridgehead atoms. The first kappa shape index (κ1) is 25.6. The molecule has 4 aromatic rings. The molecular formula is C27H22F4N4O2. The molecule has 0 unspecified atom stereocenters. The number of nitrogens with zero attached hydrogens (tertiary/aromatic N) is 2. The van der Waals surface area contributed by atoms with E-state index in [1.807, 2.05) is 0 Å². The molecule has 0 spiro atoms. The Morgan fingerprint density at radius 3 is 2.46 bits per heavy atom. The molecule has 0 fully saturated rings. The van der Waals surface area contributed by atoms with Gasteiger partial charge in [0.1, 0.15) is 17.1 Å². The predicted molar refractivity (Wildman–Crippen MR) is 129 cm³/mol. The molecular weight excluding hydrogens is 488 g/mol. The van der Waals surface area contributed by atoms with Gasteiger partial charge in [0, 0.05) is 36.3 Å². The number of carbonyl (C=O) groups excluding carboxylic acids is 1. The van der Waals surface area contributed by atoms with Gasteiger partial charge in [-0.05, 0) is 72.0 Å². The molecule has 0 radical (unpaired) electrons. The van der Waals surface area contributed by atoms with E-state index in [2.05, 4.69) is 15.0 Å². The van der Waals surface area contributed by atoms with Gasteiger partial charge in [0.05, 0.1) is 0 Å². The number of hydrogen-bond acceptors (Lipinski definition) is 4. The highest BCUT2D eigenvalue weighted by Gasteiger charge is 2.31. The maximum atomic E-state index is 14.3. The molecule has 0 saturated carbocycles. The number of rotatable bonds is 7. The van der Waals surface area contributed by atoms with Crippen molar-refractivity contribution < 1.29 is 27.1 Å². The molecule has 10 heteroatoms. The van der Waals surface area contributed by atoms with E-state index in [4.69, 9.17) is 5.41 Å². The number of benzene rings is 2. The van der Waals surface area contributed by atoms with Crippen LogP contribution in [0.4, 0.5) is 22.4 Å². The van der Waals surface area contributed by atoms with Gasteiger partial charge in [-0.3, -0.25) is 15.0 Å². The number of carbonyl (C=O) groups is 1. The van der Waals surface area contributed by atoms with Gasteiger partial charge >= 0.3 is 12.4 Å². The van der Waals surface area contributed by atoms with Crippen LogP contribution in [-0.4, -0.2) is 28.5 Å². The fourth-order valence-electron chi connectivity index (χ4n) is 3.73. The summed E-state index contributed by atoms with van der Waals surface area (Å²) >= 11 is 0. The van der Waals surface area contributed by atoms with Crippen LogP contribution in [0.25, 0.3) is 22.3 Å². The summed E-state index contributed by atoms with van der Waals surface area (Å²) in [6.45, 7) is 0.318. The largest absolute Gasteiger partial charge is 0.573 e. The Kier molecular flexibility index (Phi) is 7.66. The summed E-state index contributed by atoms with van der Waals surface area (Å²) in [6, 6.07) is 16.1. The molecule has 2 aromatic heterocycles. The van der Waals surface area contributed by atoms with Gasteiger partial charge in [-0.25, -0.2) is 9.18 Å². The molecule has 1 amide bonds. The maximum absolute atomic E-state index is 14.3. The van der Waals surface area contributed by atoms with E-state index in [0.717, 1.165) is 10.1 Å². The van der Waals surface area contributed by atoms with Crippen molar-refractivity contribution in [2.45, 2.75) is 19.2 Å². The Balaban J connectivity index is 1.37. The molecule has 0 aliphatic rings. The molecule has 0 aliphatic heterocycles. The van der Waals surface area contributed by atoms with Gasteiger partial charge in [-0.1, -0.05) is 24.3 Å². The number of hydrogen-bond donors (Lipinski definition) is 2. The van der Waals surface area contributed by atoms with Gasteiger partial charge in [0.2, 0.25) is 0 Å². The number of ether oxygens (including phenoxy) is 1. The van der Waals surface area contributed by atoms with Crippen molar-refractivity contribution >= 4 is 6.03 Å². The molecule has 0 atom stereocenters. The zero-order valence-corrected chi connectivity index (χ0v) is 19.4. The van der Waals surface area contributed by atoms with Crippen molar-refractivity contribution in [3.63, 3.8) is 0 Å². The van der Waals surface area contributed by atoms with Crippen LogP contribution in [-0.2, 0) is 6.42 Å². The fourth-order valence-corrected chi connectivity index (χ4v) is 3.73. The maximum Gasteiger partial charge on any atom is 0.573 e. The third kappa shape index (κ3) is 6.81. The van der Waals surface area contributed by atoms with E-state index >= 15 is 0 Å². The second-order valence-electron chi connectivity index (χ2n) is 8.14. The monoisotopic (exact) mass is 510 g/mol. The highest BCUT2D eigenvalue weighted by Crippen LogP contribution is 2.26. The minimum absolute atomic E-state index is 0.0575. The summed E-state index contributed by atoms with van der Waals surface area (Å²) in [7, 11) is 0. The van der Waals surface area contributed by atoms with Crippen molar-refractivity contribution in [1.82, 2.24) is 14.9 Å². The van der Waals surface area contributed by atoms with Crippen LogP contribution in [0.5, 0.6) is 5.75 Å². The molecule has 4 rings (SSSR count). The van der Waals surface area contributed by atoms with E-state index in [0.29, 0.717) is 41.6 Å². The lowest BCUT2D eigenvalue weighted by Crippen LogP contribution is -2.36. The molecule has 2 heterocycles. The molecule has 2 aromatic carbocycles. The Labute approximate surface area is 209 Å². The van der Waals surface area contributed by atoms with Crippen LogP contribution in [0.3, 0.4) is 0 Å². The minimum Gasteiger partial charge on any atom is -0.406 e. The quantitative estimate of drug-likeness (QED) is 0.239. The molecule has 0 aliphatic carbocycles. The normalized spacial score (nSPS) is 11.2. The lowest BCUT2D eigenvalue weighted by Gasteiger charge is -2.12. The SMILES string of the molecule is N=c1ccc(-c2ccc(OC(F)(F)F)cc2)cn1C(=O)NCCCc1ccc(F)c(-c2cccnc2)c1. The summed E-state index contributed by atoms with van der Waals surface area (Å²) in [4.78, 5) is 16.7. The van der Waals surface area contributed by atoms with Crippen molar-refractivity contribution in [3.8, 4) is 28.0 Å². The van der Waals surface area contributed by atoms with Crippen LogP contribution in [0, 0.1) is 11.2 Å². The first-order valence-corrected chi connectivity index (χ1v) is 11.3. The van der Waals surface area contributed by atoms with Gasteiger partial charge in [0.25, 0.3) is 0 Å². The summed E-state index contributed by atoms with van der Waals surface area (Å²) in [5, 5.41) is 10.8. The number of nitrogens with one attached hydrogen (secondary N) is 2. The van der Waals surface area contributed by atoms with E-state index in [1.165, 1.54) is 42.6 Å². The van der Waals surface area contributed by atoms with E-state index < -0.39 is 12.4 Å². The number of aromatic nitrogens is 2. The van der Waals surface area contributed by atoms with E-state index in [9.17, 15) is 22.4 Å². The number of halogens is 4. The smallest absolute Gasteiger partial charge is 0.406 e. The Morgan fingerprint density at radius 1 is 1.00 bits per heavy atom. The lowest BCUT2D eigenvalue weighted by molar-refractivity contribution is -0.274. The van der Waals surface area contributed by atoms with E-state index in [1.54, 1.807) is 42.7 Å². The average Bonchev–Trinajstić information content (AvgIpc) is 2.88. The lowest BCUT2D eigenvalue weighted by atomic mass is 10.0. The first-order chi connectivity index (χ1) is 17.7. The fraction of sp³-hybridized carbons (Fsp3) is 0.148. The van der Waals surface area contributed by atoms with Gasteiger partial charge in [-0.15, -0.1) is 13.2 Å². The van der Waals surface area contributed by atoms with Crippen molar-refractivity contribution in [2.75, 3.05) is 6.54 Å². The zero-order valence-electron chi connectivity index (χ0n) is 19.4. The minimum atomic E-state index is -4.78. The molecule has 0 saturated heterocycles. The van der Waals surface area contributed by atoms with Crippen molar-refractivity contribution in [3.05, 3.63) is 102 Å². The topological polar surface area (TPSA) is 80.0 Å². The number of pyridine rings is 2. The molecule has 6 nitrogen and oxygen atoms in total. The Morgan fingerprint density at radius 2 is 1.76 bits per heavy atom. The standard InChI is InChI=1S/C27H22F4N4O2/c28-24-11-5-18(15-23(24)20-4-2-13-33-16-20)3-1-14-34-26(36)35-17-21(8-12-25(35)32)19-6-9-22(10-7-19)37-27(29,30)31/h2,4-13,15-17,32H,1,3,14H2,(H,34,36). The van der Waals surface area contributed by atoms with Crippen LogP contribution < -0.4 is 15.5 Å². The summed E-state index contributed by atoms with van der Waals surface area (Å²) in [5.74, 6) is -0.695. The summed E-state index contributed by atoms with van der Waals surface area (Å²) in [6.07, 6.45) is 1.05. The van der Waals surface area contributed by atoms with Crippen LogP contribution in [0.15, 0.2) is 85.3 Å². The highest BCUT2D eigenvalue weighted by atomic mass is 19.4. The van der Waals surface area contributed by atoms with Crippen LogP contribution in [0.2, 0.25) is 0 Å². The predicted octanol–water partition coefficient (Wildman–Crippen LogP) is 5.92. The third-order valence-electron chi connectivity index (χ3n) is 5.51. The van der Waals surface area contributed by atoms with Gasteiger partial charge < -0.3 is 10.1 Å². The Bertz CT molecular complexity index is 1440. The van der Waals surface area contributed by atoms with Crippen molar-refractivity contribution in [1.29, 1.82) is 5.41 Å². The van der Waals surface area contributed by atoms with Crippen LogP contribution >= 0.6 is 0 Å². The second kappa shape index (κ2) is 11.1. The molecule has 190 valence electrons. The van der Waals surface area contributed by atoms with Gasteiger partial charge in [-0.2, -0.15) is 0 Å². The van der Waals surface area contributed by atoms with E-state index in [-0.39, 0.29) is 17.1 Å². The molecule has 37 heavy (non-hydrogen) atoms. The molecule has 2 N–H and O–H groups in total. The van der Waals surface area contributed by atoms with Gasteiger partial charge in [0.15, 0.2) is 0 Å². The number of aryl methyl sites for hydroxylation is 1. The second-order valence-corrected chi connectivity index (χ2v) is 8.14. The first-order valence-electron chi connectivity index (χ1n) is 11.3. The number of amides is 1. The van der Waals surface area contributed by atoms with Crippen molar-refractivity contribution in [2.24, 2.45) is 0 Å².